The van der Waals surface area contributed by atoms with Crippen molar-refractivity contribution in [1.82, 2.24) is 0 Å². The van der Waals surface area contributed by atoms with E-state index >= 15 is 0 Å². The lowest BCUT2D eigenvalue weighted by Gasteiger charge is -2.40. The van der Waals surface area contributed by atoms with Crippen LogP contribution >= 0.6 is 0 Å². The number of rotatable bonds is 9. The van der Waals surface area contributed by atoms with Crippen LogP contribution < -0.4 is 20.9 Å². The molecule has 4 unspecified atom stereocenters. The minimum Gasteiger partial charge on any atom is -0.405 e. The average molecular weight is 825 g/mol. The topological polar surface area (TPSA) is 252 Å². The molecule has 4 aromatic rings. The summed E-state index contributed by atoms with van der Waals surface area (Å²) in [6.45, 7) is 0. The van der Waals surface area contributed by atoms with E-state index in [4.69, 9.17) is 22.5 Å². The SMILES string of the molecule is N=NC1=CC(S(=O)(=O)O)C(N)(c2ccc(-c3ccc(C4(N)c5ccccc5C(N=N)=CC4S(=O)(=O)O)c(OC(F)(F)F)c3)cc2OC(F)(F)F)c2ccccc21. The molecular formula is C34H26F6N6O8S2. The molecule has 0 aromatic heterocycles. The average Bonchev–Trinajstić information content (AvgIpc) is 3.09. The second-order valence-electron chi connectivity index (χ2n) is 12.5. The van der Waals surface area contributed by atoms with Crippen LogP contribution in [0.3, 0.4) is 0 Å². The Labute approximate surface area is 312 Å². The van der Waals surface area contributed by atoms with Crippen molar-refractivity contribution in [2.75, 3.05) is 0 Å². The van der Waals surface area contributed by atoms with Gasteiger partial charge in [-0.25, -0.2) is 11.1 Å². The van der Waals surface area contributed by atoms with E-state index in [1.807, 2.05) is 0 Å². The van der Waals surface area contributed by atoms with Gasteiger partial charge in [0, 0.05) is 22.3 Å². The first kappa shape index (κ1) is 40.2. The Balaban J connectivity index is 1.60. The summed E-state index contributed by atoms with van der Waals surface area (Å²) in [5.41, 5.74) is 20.4. The highest BCUT2D eigenvalue weighted by Crippen LogP contribution is 2.50. The third-order valence-corrected chi connectivity index (χ3v) is 11.6. The zero-order valence-corrected chi connectivity index (χ0v) is 29.5. The maximum atomic E-state index is 14.0. The Hall–Kier alpha value is -5.52. The number of alkyl halides is 6. The smallest absolute Gasteiger partial charge is 0.405 e. The zero-order valence-electron chi connectivity index (χ0n) is 27.9. The fourth-order valence-electron chi connectivity index (χ4n) is 7.11. The fourth-order valence-corrected chi connectivity index (χ4v) is 9.16. The Morgan fingerprint density at radius 1 is 0.589 bits per heavy atom. The third kappa shape index (κ3) is 7.05. The van der Waals surface area contributed by atoms with E-state index in [9.17, 15) is 52.3 Å². The maximum Gasteiger partial charge on any atom is 0.573 e. The van der Waals surface area contributed by atoms with Crippen molar-refractivity contribution >= 4 is 31.6 Å². The van der Waals surface area contributed by atoms with Crippen molar-refractivity contribution in [3.63, 3.8) is 0 Å². The van der Waals surface area contributed by atoms with Gasteiger partial charge < -0.3 is 20.9 Å². The van der Waals surface area contributed by atoms with Crippen molar-refractivity contribution in [3.8, 4) is 22.6 Å². The van der Waals surface area contributed by atoms with Gasteiger partial charge in [-0.05, 0) is 46.5 Å². The van der Waals surface area contributed by atoms with Gasteiger partial charge in [-0.2, -0.15) is 27.1 Å². The van der Waals surface area contributed by atoms with Gasteiger partial charge in [0.05, 0.1) is 22.5 Å². The van der Waals surface area contributed by atoms with E-state index in [1.54, 1.807) is 0 Å². The van der Waals surface area contributed by atoms with Crippen molar-refractivity contribution in [2.24, 2.45) is 21.7 Å². The molecule has 0 spiro atoms. The first-order valence-corrected chi connectivity index (χ1v) is 18.6. The van der Waals surface area contributed by atoms with E-state index in [1.165, 1.54) is 48.5 Å². The molecule has 0 aliphatic heterocycles. The number of fused-ring (bicyclic) bond motifs is 2. The fraction of sp³-hybridized carbons (Fsp3) is 0.176. The number of hydrogen-bond donors (Lipinski definition) is 6. The van der Waals surface area contributed by atoms with Gasteiger partial charge >= 0.3 is 12.7 Å². The van der Waals surface area contributed by atoms with E-state index in [-0.39, 0.29) is 44.8 Å². The summed E-state index contributed by atoms with van der Waals surface area (Å²) in [5.74, 6) is -2.30. The van der Waals surface area contributed by atoms with E-state index in [0.29, 0.717) is 12.1 Å². The van der Waals surface area contributed by atoms with Gasteiger partial charge in [0.25, 0.3) is 20.2 Å². The molecule has 294 valence electrons. The van der Waals surface area contributed by atoms with Crippen LogP contribution in [0.1, 0.15) is 33.4 Å². The molecule has 4 aromatic carbocycles. The predicted octanol–water partition coefficient (Wildman–Crippen LogP) is 6.84. The van der Waals surface area contributed by atoms with Crippen molar-refractivity contribution in [1.29, 1.82) is 11.1 Å². The summed E-state index contributed by atoms with van der Waals surface area (Å²) in [6.07, 6.45) is -9.39. The monoisotopic (exact) mass is 824 g/mol. The van der Waals surface area contributed by atoms with E-state index in [2.05, 4.69) is 19.7 Å². The molecule has 2 aliphatic rings. The summed E-state index contributed by atoms with van der Waals surface area (Å²) in [6, 6.07) is 16.0. The molecule has 14 nitrogen and oxygen atoms in total. The van der Waals surface area contributed by atoms with Gasteiger partial charge in [-0.3, -0.25) is 9.11 Å². The van der Waals surface area contributed by atoms with Crippen molar-refractivity contribution < 1.29 is 61.8 Å². The largest absolute Gasteiger partial charge is 0.573 e. The Morgan fingerprint density at radius 2 is 0.929 bits per heavy atom. The number of nitrogens with two attached hydrogens (primary N) is 2. The molecule has 0 heterocycles. The highest BCUT2D eigenvalue weighted by atomic mass is 32.2. The number of ether oxygens (including phenoxy) is 2. The van der Waals surface area contributed by atoms with Crippen LogP contribution in [0.5, 0.6) is 11.5 Å². The van der Waals surface area contributed by atoms with Gasteiger partial charge in [-0.15, -0.1) is 26.3 Å². The normalized spacial score (nSPS) is 22.5. The standard InChI is InChI=1S/C34H26F6N6O8S2/c35-33(36,37)53-27-13-17(9-11-23(27)31(41)21-7-3-1-5-19(21)25(45-43)15-29(31)55(47,48)49)18-10-12-24(28(14-18)54-34(38,39)40)32(42)22-8-4-2-6-20(22)26(46-44)16-30(32)56(50,51)52/h1-16,29-30,43-44H,41-42H2,(H,47,48,49)(H,50,51,52). The van der Waals surface area contributed by atoms with Crippen LogP contribution in [-0.4, -0.2) is 49.2 Å². The second-order valence-corrected chi connectivity index (χ2v) is 15.6. The molecule has 0 saturated carbocycles. The number of benzene rings is 4. The minimum atomic E-state index is -5.47. The van der Waals surface area contributed by atoms with Gasteiger partial charge in [0.15, 0.2) is 0 Å². The summed E-state index contributed by atoms with van der Waals surface area (Å²) in [7, 11) is -10.5. The highest BCUT2D eigenvalue weighted by molar-refractivity contribution is 7.87. The van der Waals surface area contributed by atoms with Gasteiger partial charge in [0.2, 0.25) is 0 Å². The third-order valence-electron chi connectivity index (χ3n) is 9.34. The Kier molecular flexibility index (Phi) is 9.75. The van der Waals surface area contributed by atoms with Gasteiger partial charge in [-0.1, -0.05) is 72.8 Å². The minimum absolute atomic E-state index is 0.0260. The summed E-state index contributed by atoms with van der Waals surface area (Å²) >= 11 is 0. The molecule has 22 heteroatoms. The van der Waals surface area contributed by atoms with Crippen LogP contribution in [-0.2, 0) is 31.3 Å². The molecule has 6 rings (SSSR count). The molecule has 0 bridgehead atoms. The zero-order chi connectivity index (χ0) is 41.2. The molecule has 8 N–H and O–H groups in total. The number of nitrogens with zero attached hydrogens (tertiary/aromatic N) is 2. The van der Waals surface area contributed by atoms with Crippen LogP contribution in [0.15, 0.2) is 107 Å². The Morgan fingerprint density at radius 3 is 1.23 bits per heavy atom. The Bertz CT molecular complexity index is 2410. The maximum absolute atomic E-state index is 14.0. The quantitative estimate of drug-likeness (QED) is 0.0582. The molecule has 0 saturated heterocycles. The first-order chi connectivity index (χ1) is 25.9. The van der Waals surface area contributed by atoms with E-state index < -0.39 is 77.2 Å². The van der Waals surface area contributed by atoms with Crippen LogP contribution in [0.4, 0.5) is 26.3 Å². The summed E-state index contributed by atoms with van der Waals surface area (Å²) in [4.78, 5) is 0. The molecule has 56 heavy (non-hydrogen) atoms. The lowest BCUT2D eigenvalue weighted by atomic mass is 9.73. The lowest BCUT2D eigenvalue weighted by Crippen LogP contribution is -2.53. The molecule has 2 aliphatic carbocycles. The lowest BCUT2D eigenvalue weighted by molar-refractivity contribution is -0.276. The second kappa shape index (κ2) is 13.6. The van der Waals surface area contributed by atoms with Crippen LogP contribution in [0, 0.1) is 11.1 Å². The highest BCUT2D eigenvalue weighted by Gasteiger charge is 2.53. The molecule has 0 amide bonds. The number of hydrogen-bond acceptors (Lipinski definition) is 12. The molecule has 4 atom stereocenters. The summed E-state index contributed by atoms with van der Waals surface area (Å²) < 4.78 is 164. The summed E-state index contributed by atoms with van der Waals surface area (Å²) in [5, 5.41) is 2.06. The predicted molar refractivity (Wildman–Crippen MR) is 185 cm³/mol. The molecular weight excluding hydrogens is 799 g/mol. The van der Waals surface area contributed by atoms with E-state index in [0.717, 1.165) is 36.4 Å². The molecule has 0 fully saturated rings. The first-order valence-electron chi connectivity index (χ1n) is 15.6. The number of halogens is 6. The van der Waals surface area contributed by atoms with Crippen LogP contribution in [0.25, 0.3) is 22.5 Å². The molecule has 0 radical (unpaired) electrons. The van der Waals surface area contributed by atoms with Crippen LogP contribution in [0.2, 0.25) is 0 Å². The van der Waals surface area contributed by atoms with Crippen molar-refractivity contribution in [3.05, 3.63) is 130 Å². The van der Waals surface area contributed by atoms with Crippen molar-refractivity contribution in [2.45, 2.75) is 34.3 Å². The number of nitrogens with one attached hydrogen (secondary N) is 2. The van der Waals surface area contributed by atoms with Gasteiger partial charge in [0.1, 0.15) is 22.0 Å².